The maximum absolute atomic E-state index is 5.60. The molecule has 5 nitrogen and oxygen atoms in total. The van der Waals surface area contributed by atoms with Crippen LogP contribution in [-0.4, -0.2) is 11.6 Å². The number of benzene rings is 2. The molecule has 0 amide bonds. The van der Waals surface area contributed by atoms with Gasteiger partial charge in [0.2, 0.25) is 0 Å². The van der Waals surface area contributed by atoms with Crippen molar-refractivity contribution in [3.8, 4) is 11.5 Å². The Kier molecular flexibility index (Phi) is 7.52. The maximum atomic E-state index is 5.60. The van der Waals surface area contributed by atoms with E-state index in [1.54, 1.807) is 12.5 Å². The molecule has 0 unspecified atom stereocenters. The monoisotopic (exact) mass is 391 g/mol. The van der Waals surface area contributed by atoms with Crippen molar-refractivity contribution >= 4 is 0 Å². The van der Waals surface area contributed by atoms with Gasteiger partial charge in [0.15, 0.2) is 6.39 Å². The molecule has 0 fully saturated rings. The van der Waals surface area contributed by atoms with Crippen LogP contribution in [0, 0.1) is 13.8 Å². The third-order valence-corrected chi connectivity index (χ3v) is 4.05. The lowest BCUT2D eigenvalue weighted by atomic mass is 10.2. The van der Waals surface area contributed by atoms with Crippen LogP contribution in [0.15, 0.2) is 88.4 Å². The largest absolute Gasteiger partial charge is 0.493 e. The maximum Gasteiger partial charge on any atom is 0.180 e. The van der Waals surface area contributed by atoms with Gasteiger partial charge in [-0.25, -0.2) is 4.98 Å². The predicted octanol–water partition coefficient (Wildman–Crippen LogP) is 5.77. The highest BCUT2D eigenvalue weighted by atomic mass is 16.5. The van der Waals surface area contributed by atoms with E-state index < -0.39 is 0 Å². The Labute approximate surface area is 170 Å². The molecule has 0 aliphatic rings. The average molecular weight is 391 g/mol. The zero-order valence-electron chi connectivity index (χ0n) is 16.7. The molecule has 0 spiro atoms. The van der Waals surface area contributed by atoms with Crippen LogP contribution in [0.25, 0.3) is 0 Å². The van der Waals surface area contributed by atoms with Crippen LogP contribution in [0.3, 0.4) is 0 Å². The molecule has 2 aromatic carbocycles. The summed E-state index contributed by atoms with van der Waals surface area (Å²) in [5.41, 5.74) is 3.19. The lowest BCUT2D eigenvalue weighted by Gasteiger charge is -2.05. The highest BCUT2D eigenvalue weighted by molar-refractivity contribution is 5.28. The number of aryl methyl sites for hydroxylation is 2. The summed E-state index contributed by atoms with van der Waals surface area (Å²) in [6.07, 6.45) is 5.47. The van der Waals surface area contributed by atoms with Crippen molar-refractivity contribution in [1.29, 1.82) is 0 Å². The molecule has 29 heavy (non-hydrogen) atoms. The number of hydrogen-bond donors (Lipinski definition) is 0. The van der Waals surface area contributed by atoms with E-state index in [4.69, 9.17) is 18.3 Å². The van der Waals surface area contributed by atoms with Crippen molar-refractivity contribution in [2.45, 2.75) is 26.9 Å². The molecular weight excluding hydrogens is 366 g/mol. The van der Waals surface area contributed by atoms with Crippen LogP contribution >= 0.6 is 0 Å². The summed E-state index contributed by atoms with van der Waals surface area (Å²) in [4.78, 5) is 3.96. The van der Waals surface area contributed by atoms with Gasteiger partial charge in [-0.3, -0.25) is 0 Å². The molecule has 4 rings (SSSR count). The summed E-state index contributed by atoms with van der Waals surface area (Å²) in [7, 11) is 0. The fourth-order valence-electron chi connectivity index (χ4n) is 2.60. The van der Waals surface area contributed by atoms with E-state index in [2.05, 4.69) is 18.0 Å². The SMILES string of the molecule is Cc1cccc(OCCc2ccco2)c1.Cc1cccc(OCc2cocn2)c1. The number of oxazole rings is 1. The van der Waals surface area contributed by atoms with Gasteiger partial charge in [-0.2, -0.15) is 0 Å². The first-order valence-electron chi connectivity index (χ1n) is 9.47. The van der Waals surface area contributed by atoms with Crippen LogP contribution in [0.2, 0.25) is 0 Å². The predicted molar refractivity (Wildman–Crippen MR) is 111 cm³/mol. The van der Waals surface area contributed by atoms with Crippen molar-refractivity contribution in [2.24, 2.45) is 0 Å². The molecule has 0 saturated heterocycles. The van der Waals surface area contributed by atoms with Gasteiger partial charge in [0.1, 0.15) is 35.8 Å². The number of rotatable bonds is 7. The van der Waals surface area contributed by atoms with Gasteiger partial charge >= 0.3 is 0 Å². The molecular formula is C24H25NO4. The highest BCUT2D eigenvalue weighted by Gasteiger charge is 1.98. The standard InChI is InChI=1S/C13H14O2.C11H11NO2/c1-11-4-2-5-13(10-11)15-9-7-12-6-3-8-14-12;1-9-3-2-4-11(5-9)14-7-10-6-13-8-12-10/h2-6,8,10H,7,9H2,1H3;2-6,8H,7H2,1H3. The molecule has 0 saturated carbocycles. The van der Waals surface area contributed by atoms with Crippen LogP contribution in [-0.2, 0) is 13.0 Å². The normalized spacial score (nSPS) is 10.1. The Morgan fingerprint density at radius 3 is 2.17 bits per heavy atom. The van der Waals surface area contributed by atoms with E-state index in [1.807, 2.05) is 61.5 Å². The van der Waals surface area contributed by atoms with Crippen molar-refractivity contribution in [3.63, 3.8) is 0 Å². The third-order valence-electron chi connectivity index (χ3n) is 4.05. The van der Waals surface area contributed by atoms with E-state index in [0.29, 0.717) is 13.2 Å². The summed E-state index contributed by atoms with van der Waals surface area (Å²) in [6.45, 7) is 5.18. The minimum atomic E-state index is 0.444. The molecule has 0 atom stereocenters. The minimum absolute atomic E-state index is 0.444. The van der Waals surface area contributed by atoms with Gasteiger partial charge in [0.25, 0.3) is 0 Å². The number of ether oxygens (including phenoxy) is 2. The van der Waals surface area contributed by atoms with Crippen LogP contribution < -0.4 is 9.47 Å². The molecule has 2 aromatic heterocycles. The summed E-state index contributed by atoms with van der Waals surface area (Å²) in [6, 6.07) is 19.8. The van der Waals surface area contributed by atoms with Gasteiger partial charge in [0, 0.05) is 6.42 Å². The van der Waals surface area contributed by atoms with Gasteiger partial charge < -0.3 is 18.3 Å². The number of nitrogens with zero attached hydrogens (tertiary/aromatic N) is 1. The van der Waals surface area contributed by atoms with Gasteiger partial charge in [-0.1, -0.05) is 24.3 Å². The fraction of sp³-hybridized carbons (Fsp3) is 0.208. The Balaban J connectivity index is 0.000000166. The van der Waals surface area contributed by atoms with Gasteiger partial charge in [-0.15, -0.1) is 0 Å². The van der Waals surface area contributed by atoms with Crippen molar-refractivity contribution in [1.82, 2.24) is 4.98 Å². The van der Waals surface area contributed by atoms with Crippen LogP contribution in [0.4, 0.5) is 0 Å². The van der Waals surface area contributed by atoms with Crippen LogP contribution in [0.1, 0.15) is 22.6 Å². The van der Waals surface area contributed by atoms with Crippen molar-refractivity contribution < 1.29 is 18.3 Å². The molecule has 150 valence electrons. The molecule has 0 radical (unpaired) electrons. The fourth-order valence-corrected chi connectivity index (χ4v) is 2.60. The molecule has 4 aromatic rings. The first kappa shape index (κ1) is 20.3. The van der Waals surface area contributed by atoms with Crippen molar-refractivity contribution in [2.75, 3.05) is 6.61 Å². The topological polar surface area (TPSA) is 57.6 Å². The van der Waals surface area contributed by atoms with E-state index >= 15 is 0 Å². The van der Waals surface area contributed by atoms with E-state index in [-0.39, 0.29) is 0 Å². The second-order valence-corrected chi connectivity index (χ2v) is 6.58. The molecule has 0 aliphatic heterocycles. The quantitative estimate of drug-likeness (QED) is 0.400. The average Bonchev–Trinajstić information content (AvgIpc) is 3.41. The van der Waals surface area contributed by atoms with Gasteiger partial charge in [-0.05, 0) is 61.4 Å². The Bertz CT molecular complexity index is 962. The Morgan fingerprint density at radius 2 is 1.59 bits per heavy atom. The first-order valence-corrected chi connectivity index (χ1v) is 9.47. The molecule has 0 aliphatic carbocycles. The van der Waals surface area contributed by atoms with Crippen molar-refractivity contribution in [3.05, 3.63) is 102 Å². The number of aromatic nitrogens is 1. The zero-order chi connectivity index (χ0) is 20.3. The number of furan rings is 1. The Hall–Kier alpha value is -3.47. The summed E-state index contributed by atoms with van der Waals surface area (Å²) >= 11 is 0. The van der Waals surface area contributed by atoms with E-state index in [9.17, 15) is 0 Å². The van der Waals surface area contributed by atoms with Gasteiger partial charge in [0.05, 0.1) is 12.9 Å². The Morgan fingerprint density at radius 1 is 0.862 bits per heavy atom. The van der Waals surface area contributed by atoms with Crippen LogP contribution in [0.5, 0.6) is 11.5 Å². The molecule has 5 heteroatoms. The lowest BCUT2D eigenvalue weighted by molar-refractivity contribution is 0.301. The van der Waals surface area contributed by atoms with E-state index in [0.717, 1.165) is 29.4 Å². The zero-order valence-corrected chi connectivity index (χ0v) is 16.7. The summed E-state index contributed by atoms with van der Waals surface area (Å²) < 4.78 is 21.2. The third kappa shape index (κ3) is 7.22. The first-order chi connectivity index (χ1) is 14.2. The lowest BCUT2D eigenvalue weighted by Crippen LogP contribution is -2.00. The second-order valence-electron chi connectivity index (χ2n) is 6.58. The van der Waals surface area contributed by atoms with E-state index in [1.165, 1.54) is 17.5 Å². The highest BCUT2D eigenvalue weighted by Crippen LogP contribution is 2.14. The second kappa shape index (κ2) is 10.8. The molecule has 2 heterocycles. The number of hydrogen-bond acceptors (Lipinski definition) is 5. The summed E-state index contributed by atoms with van der Waals surface area (Å²) in [5.74, 6) is 2.73. The minimum Gasteiger partial charge on any atom is -0.493 e. The smallest absolute Gasteiger partial charge is 0.180 e. The molecule has 0 N–H and O–H groups in total. The summed E-state index contributed by atoms with van der Waals surface area (Å²) in [5, 5.41) is 0. The molecule has 0 bridgehead atoms.